The van der Waals surface area contributed by atoms with Crippen molar-refractivity contribution in [3.8, 4) is 17.3 Å². The standard InChI is InChI=1S/C19H12N4O2S/c20-10-16-15-9-17(13-5-4-8-21-11-13)23-19(15)22-12-18(16)26(24,25)14-6-2-1-3-7-14/h1-9,11-12H,(H,22,23). The Hall–Kier alpha value is -3.50. The summed E-state index contributed by atoms with van der Waals surface area (Å²) < 4.78 is 25.8. The topological polar surface area (TPSA) is 99.5 Å². The molecular formula is C19H12N4O2S. The number of aromatic nitrogens is 3. The maximum atomic E-state index is 12.9. The second-order valence-corrected chi connectivity index (χ2v) is 7.53. The number of nitriles is 1. The number of benzene rings is 1. The van der Waals surface area contributed by atoms with Crippen LogP contribution in [0.3, 0.4) is 0 Å². The summed E-state index contributed by atoms with van der Waals surface area (Å²) in [5, 5.41) is 10.1. The van der Waals surface area contributed by atoms with Crippen LogP contribution in [0.15, 0.2) is 76.9 Å². The number of aromatic amines is 1. The van der Waals surface area contributed by atoms with Crippen molar-refractivity contribution >= 4 is 20.9 Å². The number of rotatable bonds is 3. The van der Waals surface area contributed by atoms with Crippen molar-refractivity contribution in [2.24, 2.45) is 0 Å². The minimum atomic E-state index is -3.84. The Balaban J connectivity index is 1.95. The van der Waals surface area contributed by atoms with Crippen molar-refractivity contribution in [3.63, 3.8) is 0 Å². The normalized spacial score (nSPS) is 11.3. The van der Waals surface area contributed by atoms with Crippen molar-refractivity contribution in [3.05, 3.63) is 72.7 Å². The lowest BCUT2D eigenvalue weighted by Crippen LogP contribution is -2.05. The summed E-state index contributed by atoms with van der Waals surface area (Å²) in [5.74, 6) is 0. The van der Waals surface area contributed by atoms with Crippen LogP contribution >= 0.6 is 0 Å². The van der Waals surface area contributed by atoms with E-state index in [4.69, 9.17) is 0 Å². The number of hydrogen-bond acceptors (Lipinski definition) is 5. The Morgan fingerprint density at radius 1 is 1.04 bits per heavy atom. The number of nitrogens with one attached hydrogen (secondary N) is 1. The van der Waals surface area contributed by atoms with Gasteiger partial charge in [-0.1, -0.05) is 18.2 Å². The van der Waals surface area contributed by atoms with Crippen molar-refractivity contribution < 1.29 is 8.42 Å². The smallest absolute Gasteiger partial charge is 0.209 e. The maximum absolute atomic E-state index is 12.9. The molecule has 3 heterocycles. The molecule has 0 saturated carbocycles. The van der Waals surface area contributed by atoms with Crippen molar-refractivity contribution in [2.45, 2.75) is 9.79 Å². The first kappa shape index (κ1) is 16.0. The van der Waals surface area contributed by atoms with Crippen molar-refractivity contribution in [1.29, 1.82) is 5.26 Å². The second kappa shape index (κ2) is 6.10. The van der Waals surface area contributed by atoms with E-state index in [1.165, 1.54) is 18.3 Å². The summed E-state index contributed by atoms with van der Waals surface area (Å²) >= 11 is 0. The number of H-pyrrole nitrogens is 1. The van der Waals surface area contributed by atoms with Gasteiger partial charge in [0.05, 0.1) is 10.5 Å². The van der Waals surface area contributed by atoms with Gasteiger partial charge in [-0.2, -0.15) is 5.26 Å². The van der Waals surface area contributed by atoms with Crippen LogP contribution < -0.4 is 0 Å². The zero-order chi connectivity index (χ0) is 18.1. The van der Waals surface area contributed by atoms with Gasteiger partial charge < -0.3 is 4.98 Å². The molecule has 3 aromatic heterocycles. The Bertz CT molecular complexity index is 1240. The highest BCUT2D eigenvalue weighted by atomic mass is 32.2. The SMILES string of the molecule is N#Cc1c(S(=O)(=O)c2ccccc2)cnc2[nH]c(-c3cccnc3)cc12. The van der Waals surface area contributed by atoms with Gasteiger partial charge in [0.1, 0.15) is 16.6 Å². The quantitative estimate of drug-likeness (QED) is 0.604. The van der Waals surface area contributed by atoms with E-state index in [1.54, 1.807) is 42.7 Å². The molecule has 0 aliphatic rings. The number of fused-ring (bicyclic) bond motifs is 1. The highest BCUT2D eigenvalue weighted by Crippen LogP contribution is 2.30. The van der Waals surface area contributed by atoms with Crippen molar-refractivity contribution in [2.75, 3.05) is 0 Å². The van der Waals surface area contributed by atoms with E-state index in [-0.39, 0.29) is 15.4 Å². The highest BCUT2D eigenvalue weighted by molar-refractivity contribution is 7.91. The first-order valence-electron chi connectivity index (χ1n) is 7.73. The van der Waals surface area contributed by atoms with Crippen LogP contribution in [-0.2, 0) is 9.84 Å². The first-order valence-corrected chi connectivity index (χ1v) is 9.22. The second-order valence-electron chi connectivity index (χ2n) is 5.61. The highest BCUT2D eigenvalue weighted by Gasteiger charge is 2.24. The van der Waals surface area contributed by atoms with Crippen LogP contribution in [0.2, 0.25) is 0 Å². The van der Waals surface area contributed by atoms with Gasteiger partial charge in [0, 0.05) is 35.2 Å². The summed E-state index contributed by atoms with van der Waals surface area (Å²) in [5.41, 5.74) is 2.06. The van der Waals surface area contributed by atoms with E-state index in [9.17, 15) is 13.7 Å². The van der Waals surface area contributed by atoms with Gasteiger partial charge in [-0.3, -0.25) is 4.98 Å². The number of sulfone groups is 1. The molecule has 0 aliphatic heterocycles. The van der Waals surface area contributed by atoms with Gasteiger partial charge in [-0.25, -0.2) is 13.4 Å². The molecule has 0 amide bonds. The molecule has 0 unspecified atom stereocenters. The average molecular weight is 360 g/mol. The summed E-state index contributed by atoms with van der Waals surface area (Å²) in [7, 11) is -3.84. The van der Waals surface area contributed by atoms with Gasteiger partial charge in [0.15, 0.2) is 0 Å². The number of pyridine rings is 2. The van der Waals surface area contributed by atoms with Crippen molar-refractivity contribution in [1.82, 2.24) is 15.0 Å². The van der Waals surface area contributed by atoms with E-state index in [1.807, 2.05) is 12.1 Å². The molecule has 1 aromatic carbocycles. The Labute approximate surface area is 149 Å². The molecule has 0 spiro atoms. The van der Waals surface area contributed by atoms with Crippen LogP contribution in [0, 0.1) is 11.3 Å². The lowest BCUT2D eigenvalue weighted by molar-refractivity contribution is 0.595. The molecule has 0 saturated heterocycles. The zero-order valence-electron chi connectivity index (χ0n) is 13.4. The van der Waals surface area contributed by atoms with Gasteiger partial charge in [-0.05, 0) is 30.3 Å². The van der Waals surface area contributed by atoms with E-state index in [0.29, 0.717) is 16.7 Å². The van der Waals surface area contributed by atoms with Crippen LogP contribution in [0.1, 0.15) is 5.56 Å². The summed E-state index contributed by atoms with van der Waals surface area (Å²) in [6.45, 7) is 0. The van der Waals surface area contributed by atoms with Crippen LogP contribution in [0.4, 0.5) is 0 Å². The Morgan fingerprint density at radius 3 is 2.54 bits per heavy atom. The molecular weight excluding hydrogens is 348 g/mol. The molecule has 126 valence electrons. The fraction of sp³-hybridized carbons (Fsp3) is 0. The average Bonchev–Trinajstić information content (AvgIpc) is 3.13. The Kier molecular flexibility index (Phi) is 3.75. The lowest BCUT2D eigenvalue weighted by Gasteiger charge is -2.06. The van der Waals surface area contributed by atoms with Gasteiger partial charge in [0.25, 0.3) is 0 Å². The molecule has 1 N–H and O–H groups in total. The molecule has 4 aromatic rings. The predicted molar refractivity (Wildman–Crippen MR) is 95.9 cm³/mol. The van der Waals surface area contributed by atoms with Gasteiger partial charge in [0.2, 0.25) is 9.84 Å². The summed E-state index contributed by atoms with van der Waals surface area (Å²) in [6.07, 6.45) is 4.57. The molecule has 7 heteroatoms. The molecule has 4 rings (SSSR count). The largest absolute Gasteiger partial charge is 0.339 e. The van der Waals surface area contributed by atoms with Crippen LogP contribution in [-0.4, -0.2) is 23.4 Å². The van der Waals surface area contributed by atoms with Gasteiger partial charge >= 0.3 is 0 Å². The Morgan fingerprint density at radius 2 is 1.85 bits per heavy atom. The maximum Gasteiger partial charge on any atom is 0.209 e. The fourth-order valence-electron chi connectivity index (χ4n) is 2.78. The molecule has 6 nitrogen and oxygen atoms in total. The minimum absolute atomic E-state index is 0.0743. The van der Waals surface area contributed by atoms with Crippen LogP contribution in [0.25, 0.3) is 22.3 Å². The molecule has 0 bridgehead atoms. The number of hydrogen-bond donors (Lipinski definition) is 1. The zero-order valence-corrected chi connectivity index (χ0v) is 14.2. The molecule has 0 atom stereocenters. The molecule has 0 aliphatic carbocycles. The minimum Gasteiger partial charge on any atom is -0.339 e. The molecule has 26 heavy (non-hydrogen) atoms. The number of nitrogens with zero attached hydrogens (tertiary/aromatic N) is 3. The molecule has 0 fully saturated rings. The van der Waals surface area contributed by atoms with E-state index >= 15 is 0 Å². The predicted octanol–water partition coefficient (Wildman–Crippen LogP) is 3.33. The third-order valence-corrected chi connectivity index (χ3v) is 5.83. The monoisotopic (exact) mass is 360 g/mol. The fourth-order valence-corrected chi connectivity index (χ4v) is 4.16. The van der Waals surface area contributed by atoms with E-state index in [2.05, 4.69) is 15.0 Å². The van der Waals surface area contributed by atoms with Crippen LogP contribution in [0.5, 0.6) is 0 Å². The van der Waals surface area contributed by atoms with E-state index in [0.717, 1.165) is 5.56 Å². The summed E-state index contributed by atoms with van der Waals surface area (Å²) in [6, 6.07) is 15.4. The third-order valence-electron chi connectivity index (χ3n) is 4.05. The van der Waals surface area contributed by atoms with Gasteiger partial charge in [-0.15, -0.1) is 0 Å². The third kappa shape index (κ3) is 2.53. The first-order chi connectivity index (χ1) is 12.6. The summed E-state index contributed by atoms with van der Waals surface area (Å²) in [4.78, 5) is 11.4. The van der Waals surface area contributed by atoms with E-state index < -0.39 is 9.84 Å². The molecule has 0 radical (unpaired) electrons. The lowest BCUT2D eigenvalue weighted by atomic mass is 10.1.